The van der Waals surface area contributed by atoms with Crippen molar-refractivity contribution in [3.8, 4) is 11.5 Å². The van der Waals surface area contributed by atoms with Crippen LogP contribution in [0.25, 0.3) is 11.5 Å². The lowest BCUT2D eigenvalue weighted by atomic mass is 10.0. The summed E-state index contributed by atoms with van der Waals surface area (Å²) in [6, 6.07) is 3.26. The van der Waals surface area contributed by atoms with Crippen molar-refractivity contribution in [1.29, 1.82) is 0 Å². The summed E-state index contributed by atoms with van der Waals surface area (Å²) in [5.41, 5.74) is 0.295. The van der Waals surface area contributed by atoms with Gasteiger partial charge in [0.15, 0.2) is 0 Å². The number of anilines is 1. The monoisotopic (exact) mass is 403 g/mol. The zero-order valence-electron chi connectivity index (χ0n) is 13.8. The SMILES string of the molecule is Fc1ccc(C(CC(F)(F)F)Nc2ncc(-c3nnc(C(F)F)o3)cn2)cc1. The van der Waals surface area contributed by atoms with Crippen LogP contribution in [0.2, 0.25) is 0 Å². The van der Waals surface area contributed by atoms with Crippen LogP contribution in [-0.4, -0.2) is 26.3 Å². The highest BCUT2D eigenvalue weighted by molar-refractivity contribution is 5.50. The molecule has 3 rings (SSSR count). The van der Waals surface area contributed by atoms with E-state index in [2.05, 4.69) is 25.5 Å². The number of nitrogens with zero attached hydrogens (tertiary/aromatic N) is 4. The summed E-state index contributed by atoms with van der Waals surface area (Å²) in [7, 11) is 0. The molecule has 0 fully saturated rings. The molecule has 1 N–H and O–H groups in total. The number of hydrogen-bond acceptors (Lipinski definition) is 6. The summed E-state index contributed by atoms with van der Waals surface area (Å²) in [6.07, 6.45) is -6.42. The standard InChI is InChI=1S/C16H11F6N5O/c17-10-3-1-8(2-4-10)11(5-16(20,21)22)25-15-23-6-9(7-24-15)13-26-27-14(28-13)12(18)19/h1-4,6-7,11-12H,5H2,(H,23,24,25). The molecule has 0 aliphatic heterocycles. The third-order valence-electron chi connectivity index (χ3n) is 3.54. The van der Waals surface area contributed by atoms with Gasteiger partial charge in [-0.05, 0) is 17.7 Å². The van der Waals surface area contributed by atoms with Gasteiger partial charge in [0.2, 0.25) is 5.95 Å². The molecule has 0 aliphatic rings. The van der Waals surface area contributed by atoms with Gasteiger partial charge in [0.05, 0.1) is 18.0 Å². The summed E-state index contributed by atoms with van der Waals surface area (Å²) < 4.78 is 81.4. The Morgan fingerprint density at radius 1 is 1.00 bits per heavy atom. The van der Waals surface area contributed by atoms with Crippen molar-refractivity contribution < 1.29 is 30.8 Å². The third-order valence-corrected chi connectivity index (χ3v) is 3.54. The Morgan fingerprint density at radius 3 is 2.18 bits per heavy atom. The van der Waals surface area contributed by atoms with Crippen molar-refractivity contribution in [3.63, 3.8) is 0 Å². The third kappa shape index (κ3) is 4.96. The van der Waals surface area contributed by atoms with E-state index < -0.39 is 36.8 Å². The van der Waals surface area contributed by atoms with Crippen LogP contribution in [-0.2, 0) is 0 Å². The molecule has 0 bridgehead atoms. The number of halogens is 6. The van der Waals surface area contributed by atoms with Gasteiger partial charge >= 0.3 is 12.6 Å². The Hall–Kier alpha value is -3.18. The van der Waals surface area contributed by atoms with E-state index in [1.807, 2.05) is 0 Å². The van der Waals surface area contributed by atoms with E-state index in [1.54, 1.807) is 0 Å². The first kappa shape index (κ1) is 19.6. The minimum atomic E-state index is -4.50. The van der Waals surface area contributed by atoms with Gasteiger partial charge in [-0.1, -0.05) is 12.1 Å². The van der Waals surface area contributed by atoms with E-state index in [-0.39, 0.29) is 23.0 Å². The average Bonchev–Trinajstić information content (AvgIpc) is 3.12. The van der Waals surface area contributed by atoms with Crippen molar-refractivity contribution >= 4 is 5.95 Å². The normalized spacial score (nSPS) is 13.0. The Balaban J connectivity index is 1.79. The van der Waals surface area contributed by atoms with Crippen LogP contribution in [0, 0.1) is 5.82 Å². The quantitative estimate of drug-likeness (QED) is 0.601. The number of aromatic nitrogens is 4. The molecular weight excluding hydrogens is 392 g/mol. The maximum Gasteiger partial charge on any atom is 0.391 e. The largest absolute Gasteiger partial charge is 0.415 e. The maximum absolute atomic E-state index is 13.0. The highest BCUT2D eigenvalue weighted by Gasteiger charge is 2.33. The molecule has 0 saturated heterocycles. The first-order valence-electron chi connectivity index (χ1n) is 7.74. The molecule has 0 aliphatic carbocycles. The van der Waals surface area contributed by atoms with Crippen LogP contribution in [0.15, 0.2) is 41.1 Å². The molecule has 28 heavy (non-hydrogen) atoms. The Kier molecular flexibility index (Phi) is 5.47. The summed E-state index contributed by atoms with van der Waals surface area (Å²) in [5, 5.41) is 9.10. The lowest BCUT2D eigenvalue weighted by Crippen LogP contribution is -2.21. The molecule has 1 atom stereocenters. The Labute approximate surface area is 153 Å². The predicted molar refractivity (Wildman–Crippen MR) is 83.7 cm³/mol. The van der Waals surface area contributed by atoms with Gasteiger partial charge < -0.3 is 9.73 Å². The molecule has 2 heterocycles. The van der Waals surface area contributed by atoms with Crippen molar-refractivity contribution in [2.24, 2.45) is 0 Å². The van der Waals surface area contributed by atoms with E-state index in [4.69, 9.17) is 4.42 Å². The van der Waals surface area contributed by atoms with E-state index in [0.717, 1.165) is 24.5 Å². The van der Waals surface area contributed by atoms with Gasteiger partial charge in [0.1, 0.15) is 5.82 Å². The number of hydrogen-bond donors (Lipinski definition) is 1. The topological polar surface area (TPSA) is 76.7 Å². The molecule has 1 aromatic carbocycles. The van der Waals surface area contributed by atoms with Crippen LogP contribution >= 0.6 is 0 Å². The first-order chi connectivity index (χ1) is 13.2. The Morgan fingerprint density at radius 2 is 1.64 bits per heavy atom. The highest BCUT2D eigenvalue weighted by Crippen LogP contribution is 2.32. The molecule has 2 aromatic heterocycles. The summed E-state index contributed by atoms with van der Waals surface area (Å²) >= 11 is 0. The van der Waals surface area contributed by atoms with Gasteiger partial charge in [0.25, 0.3) is 11.8 Å². The molecule has 148 valence electrons. The zero-order chi connectivity index (χ0) is 20.3. The lowest BCUT2D eigenvalue weighted by molar-refractivity contribution is -0.137. The van der Waals surface area contributed by atoms with E-state index in [9.17, 15) is 26.3 Å². The van der Waals surface area contributed by atoms with Crippen molar-refractivity contribution in [3.05, 3.63) is 53.9 Å². The predicted octanol–water partition coefficient (Wildman–Crippen LogP) is 4.71. The van der Waals surface area contributed by atoms with Gasteiger partial charge in [0, 0.05) is 12.4 Å². The molecule has 12 heteroatoms. The maximum atomic E-state index is 13.0. The van der Waals surface area contributed by atoms with Crippen LogP contribution < -0.4 is 5.32 Å². The molecule has 0 saturated carbocycles. The van der Waals surface area contributed by atoms with Gasteiger partial charge in [-0.3, -0.25) is 0 Å². The molecule has 6 nitrogen and oxygen atoms in total. The van der Waals surface area contributed by atoms with Gasteiger partial charge in [-0.15, -0.1) is 10.2 Å². The second-order valence-corrected chi connectivity index (χ2v) is 5.61. The molecular formula is C16H11F6N5O. The molecule has 1 unspecified atom stereocenters. The van der Waals surface area contributed by atoms with Gasteiger partial charge in [-0.25, -0.2) is 14.4 Å². The number of benzene rings is 1. The van der Waals surface area contributed by atoms with Crippen molar-refractivity contribution in [2.75, 3.05) is 5.32 Å². The second kappa shape index (κ2) is 7.82. The van der Waals surface area contributed by atoms with Crippen LogP contribution in [0.1, 0.15) is 30.3 Å². The fourth-order valence-electron chi connectivity index (χ4n) is 2.29. The van der Waals surface area contributed by atoms with Crippen LogP contribution in [0.3, 0.4) is 0 Å². The van der Waals surface area contributed by atoms with E-state index in [0.29, 0.717) is 0 Å². The van der Waals surface area contributed by atoms with E-state index in [1.165, 1.54) is 12.1 Å². The van der Waals surface area contributed by atoms with Crippen LogP contribution in [0.4, 0.5) is 32.3 Å². The van der Waals surface area contributed by atoms with Crippen LogP contribution in [0.5, 0.6) is 0 Å². The summed E-state index contributed by atoms with van der Waals surface area (Å²) in [4.78, 5) is 7.69. The molecule has 0 amide bonds. The minimum absolute atomic E-state index is 0.110. The van der Waals surface area contributed by atoms with Crippen molar-refractivity contribution in [1.82, 2.24) is 20.2 Å². The second-order valence-electron chi connectivity index (χ2n) is 5.61. The Bertz CT molecular complexity index is 911. The number of alkyl halides is 5. The number of rotatable bonds is 6. The number of nitrogens with one attached hydrogen (secondary N) is 1. The fourth-order valence-corrected chi connectivity index (χ4v) is 2.29. The molecule has 3 aromatic rings. The molecule has 0 spiro atoms. The highest BCUT2D eigenvalue weighted by atomic mass is 19.4. The van der Waals surface area contributed by atoms with Gasteiger partial charge in [-0.2, -0.15) is 22.0 Å². The van der Waals surface area contributed by atoms with E-state index >= 15 is 0 Å². The van der Waals surface area contributed by atoms with Crippen molar-refractivity contribution in [2.45, 2.75) is 25.1 Å². The smallest absolute Gasteiger partial charge is 0.391 e. The first-order valence-corrected chi connectivity index (χ1v) is 7.74. The lowest BCUT2D eigenvalue weighted by Gasteiger charge is -2.20. The zero-order valence-corrected chi connectivity index (χ0v) is 13.8. The average molecular weight is 403 g/mol. The summed E-state index contributed by atoms with van der Waals surface area (Å²) in [6.45, 7) is 0. The fraction of sp³-hybridized carbons (Fsp3) is 0.250. The molecule has 0 radical (unpaired) electrons. The summed E-state index contributed by atoms with van der Waals surface area (Å²) in [5.74, 6) is -1.88. The minimum Gasteiger partial charge on any atom is -0.415 e.